The maximum absolute atomic E-state index is 12.5. The monoisotopic (exact) mass is 404 g/mol. The molecule has 3 aromatic rings. The molecular formula is C18H20N4O3S2. The Hall–Kier alpha value is -2.07. The lowest BCUT2D eigenvalue weighted by molar-refractivity contribution is 0.0731. The van der Waals surface area contributed by atoms with Crippen molar-refractivity contribution >= 4 is 38.1 Å². The molecule has 0 radical (unpaired) electrons. The van der Waals surface area contributed by atoms with Crippen molar-refractivity contribution in [3.63, 3.8) is 0 Å². The van der Waals surface area contributed by atoms with Crippen LogP contribution in [0.3, 0.4) is 0 Å². The minimum absolute atomic E-state index is 0.0130. The topological polar surface area (TPSA) is 84.4 Å². The van der Waals surface area contributed by atoms with Gasteiger partial charge in [-0.3, -0.25) is 0 Å². The van der Waals surface area contributed by atoms with Gasteiger partial charge in [-0.1, -0.05) is 12.1 Å². The van der Waals surface area contributed by atoms with Crippen LogP contribution in [-0.4, -0.2) is 61.3 Å². The first kappa shape index (κ1) is 18.3. The molecule has 0 unspecified atom stereocenters. The second-order valence-corrected chi connectivity index (χ2v) is 9.05. The molecule has 4 rings (SSSR count). The van der Waals surface area contributed by atoms with Crippen LogP contribution in [0.5, 0.6) is 0 Å². The zero-order valence-corrected chi connectivity index (χ0v) is 16.3. The van der Waals surface area contributed by atoms with Crippen LogP contribution >= 0.6 is 11.3 Å². The van der Waals surface area contributed by atoms with Gasteiger partial charge in [-0.25, -0.2) is 18.4 Å². The Morgan fingerprint density at radius 1 is 1.15 bits per heavy atom. The molecule has 7 nitrogen and oxygen atoms in total. The van der Waals surface area contributed by atoms with Gasteiger partial charge in [0.15, 0.2) is 5.82 Å². The second-order valence-electron chi connectivity index (χ2n) is 6.18. The lowest BCUT2D eigenvalue weighted by atomic mass is 10.2. The van der Waals surface area contributed by atoms with Crippen molar-refractivity contribution in [1.29, 1.82) is 0 Å². The minimum atomic E-state index is -3.31. The minimum Gasteiger partial charge on any atom is -0.379 e. The van der Waals surface area contributed by atoms with E-state index in [0.29, 0.717) is 37.9 Å². The molecule has 1 saturated heterocycles. The molecule has 1 aliphatic heterocycles. The lowest BCUT2D eigenvalue weighted by Crippen LogP contribution is -2.42. The number of nitrogens with one attached hydrogen (secondary N) is 1. The van der Waals surface area contributed by atoms with E-state index in [0.717, 1.165) is 16.5 Å². The van der Waals surface area contributed by atoms with Gasteiger partial charge in [0.05, 0.1) is 24.5 Å². The summed E-state index contributed by atoms with van der Waals surface area (Å²) in [5.41, 5.74) is 1.78. The standard InChI is InChI=1S/C18H20N4O3S2/c23-27(24,22-7-9-25-10-8-22)12-6-19-18-15-3-1-2-4-16(15)20-17(21-18)14-5-11-26-13-14/h1-5,11,13H,6-10,12H2,(H,19,20,21). The molecule has 27 heavy (non-hydrogen) atoms. The van der Waals surface area contributed by atoms with E-state index in [1.807, 2.05) is 41.1 Å². The molecule has 142 valence electrons. The summed E-state index contributed by atoms with van der Waals surface area (Å²) >= 11 is 1.59. The first-order chi connectivity index (χ1) is 13.1. The predicted octanol–water partition coefficient (Wildman–Crippen LogP) is 2.43. The molecule has 0 aliphatic carbocycles. The first-order valence-corrected chi connectivity index (χ1v) is 11.3. The number of para-hydroxylation sites is 1. The summed E-state index contributed by atoms with van der Waals surface area (Å²) in [6.07, 6.45) is 0. The summed E-state index contributed by atoms with van der Waals surface area (Å²) in [6, 6.07) is 9.69. The molecular weight excluding hydrogens is 384 g/mol. The van der Waals surface area contributed by atoms with E-state index in [2.05, 4.69) is 15.3 Å². The van der Waals surface area contributed by atoms with Gasteiger partial charge < -0.3 is 10.1 Å². The fourth-order valence-corrected chi connectivity index (χ4v) is 4.94. The number of benzene rings is 1. The molecule has 1 fully saturated rings. The average molecular weight is 405 g/mol. The zero-order valence-electron chi connectivity index (χ0n) is 14.7. The third-order valence-electron chi connectivity index (χ3n) is 4.40. The smallest absolute Gasteiger partial charge is 0.215 e. The highest BCUT2D eigenvalue weighted by Gasteiger charge is 2.23. The van der Waals surface area contributed by atoms with E-state index < -0.39 is 10.0 Å². The van der Waals surface area contributed by atoms with E-state index in [4.69, 9.17) is 4.74 Å². The van der Waals surface area contributed by atoms with Gasteiger partial charge in [-0.05, 0) is 23.6 Å². The summed E-state index contributed by atoms with van der Waals surface area (Å²) in [5, 5.41) is 8.05. The Bertz CT molecular complexity index is 1020. The van der Waals surface area contributed by atoms with Crippen LogP contribution in [0.15, 0.2) is 41.1 Å². The number of rotatable bonds is 6. The molecule has 2 aromatic heterocycles. The number of hydrogen-bond donors (Lipinski definition) is 1. The van der Waals surface area contributed by atoms with E-state index in [9.17, 15) is 8.42 Å². The molecule has 1 N–H and O–H groups in total. The summed E-state index contributed by atoms with van der Waals surface area (Å²) in [6.45, 7) is 2.02. The van der Waals surface area contributed by atoms with E-state index in [1.165, 1.54) is 4.31 Å². The predicted molar refractivity (Wildman–Crippen MR) is 108 cm³/mol. The molecule has 1 aromatic carbocycles. The Balaban J connectivity index is 1.54. The maximum Gasteiger partial charge on any atom is 0.215 e. The Kier molecular flexibility index (Phi) is 5.35. The van der Waals surface area contributed by atoms with Crippen LogP contribution in [-0.2, 0) is 14.8 Å². The van der Waals surface area contributed by atoms with Crippen molar-refractivity contribution in [3.05, 3.63) is 41.1 Å². The van der Waals surface area contributed by atoms with Crippen LogP contribution in [0, 0.1) is 0 Å². The van der Waals surface area contributed by atoms with Gasteiger partial charge in [0.2, 0.25) is 10.0 Å². The van der Waals surface area contributed by atoms with Crippen molar-refractivity contribution in [2.24, 2.45) is 0 Å². The van der Waals surface area contributed by atoms with Crippen LogP contribution in [0.4, 0.5) is 5.82 Å². The number of anilines is 1. The normalized spacial score (nSPS) is 15.9. The summed E-state index contributed by atoms with van der Waals surface area (Å²) in [7, 11) is -3.31. The molecule has 1 aliphatic rings. The van der Waals surface area contributed by atoms with Crippen molar-refractivity contribution in [2.45, 2.75) is 0 Å². The summed E-state index contributed by atoms with van der Waals surface area (Å²) in [4.78, 5) is 9.26. The Morgan fingerprint density at radius 2 is 1.96 bits per heavy atom. The van der Waals surface area contributed by atoms with Crippen LogP contribution in [0.2, 0.25) is 0 Å². The van der Waals surface area contributed by atoms with Crippen molar-refractivity contribution < 1.29 is 13.2 Å². The fraction of sp³-hybridized carbons (Fsp3) is 0.333. The maximum atomic E-state index is 12.5. The number of aromatic nitrogens is 2. The van der Waals surface area contributed by atoms with Gasteiger partial charge >= 0.3 is 0 Å². The number of hydrogen-bond acceptors (Lipinski definition) is 7. The number of fused-ring (bicyclic) bond motifs is 1. The number of ether oxygens (including phenoxy) is 1. The van der Waals surface area contributed by atoms with E-state index in [-0.39, 0.29) is 12.3 Å². The van der Waals surface area contributed by atoms with E-state index >= 15 is 0 Å². The third-order valence-corrected chi connectivity index (χ3v) is 6.95. The average Bonchev–Trinajstić information content (AvgIpc) is 3.23. The highest BCUT2D eigenvalue weighted by atomic mass is 32.2. The molecule has 0 atom stereocenters. The molecule has 3 heterocycles. The number of nitrogens with zero attached hydrogens (tertiary/aromatic N) is 3. The van der Waals surface area contributed by atoms with Gasteiger partial charge in [0.25, 0.3) is 0 Å². The second kappa shape index (κ2) is 7.89. The summed E-state index contributed by atoms with van der Waals surface area (Å²) in [5.74, 6) is 1.30. The highest BCUT2D eigenvalue weighted by molar-refractivity contribution is 7.89. The van der Waals surface area contributed by atoms with Crippen molar-refractivity contribution in [3.8, 4) is 11.4 Å². The van der Waals surface area contributed by atoms with Gasteiger partial charge in [0, 0.05) is 36.0 Å². The van der Waals surface area contributed by atoms with Crippen molar-refractivity contribution in [1.82, 2.24) is 14.3 Å². The first-order valence-electron chi connectivity index (χ1n) is 8.72. The quantitative estimate of drug-likeness (QED) is 0.679. The zero-order chi connectivity index (χ0) is 18.7. The fourth-order valence-electron chi connectivity index (χ4n) is 2.98. The van der Waals surface area contributed by atoms with Gasteiger partial charge in [-0.15, -0.1) is 0 Å². The lowest BCUT2D eigenvalue weighted by Gasteiger charge is -2.26. The SMILES string of the molecule is O=S(=O)(CCNc1nc(-c2ccsc2)nc2ccccc12)N1CCOCC1. The molecule has 0 bridgehead atoms. The third kappa shape index (κ3) is 4.11. The largest absolute Gasteiger partial charge is 0.379 e. The molecule has 0 saturated carbocycles. The number of thiophene rings is 1. The summed E-state index contributed by atoms with van der Waals surface area (Å²) < 4.78 is 31.7. The van der Waals surface area contributed by atoms with E-state index in [1.54, 1.807) is 11.3 Å². The number of sulfonamides is 1. The van der Waals surface area contributed by atoms with Crippen LogP contribution in [0.25, 0.3) is 22.3 Å². The van der Waals surface area contributed by atoms with Gasteiger partial charge in [-0.2, -0.15) is 15.6 Å². The molecule has 0 spiro atoms. The number of morpholine rings is 1. The van der Waals surface area contributed by atoms with Crippen LogP contribution < -0.4 is 5.32 Å². The Labute approximate surface area is 162 Å². The van der Waals surface area contributed by atoms with Crippen molar-refractivity contribution in [2.75, 3.05) is 43.9 Å². The Morgan fingerprint density at radius 3 is 2.74 bits per heavy atom. The van der Waals surface area contributed by atoms with Crippen LogP contribution in [0.1, 0.15) is 0 Å². The molecule has 9 heteroatoms. The van der Waals surface area contributed by atoms with Gasteiger partial charge in [0.1, 0.15) is 5.82 Å². The highest BCUT2D eigenvalue weighted by Crippen LogP contribution is 2.26. The molecule has 0 amide bonds.